The molecule has 1 aromatic rings. The highest BCUT2D eigenvalue weighted by Crippen LogP contribution is 2.16. The van der Waals surface area contributed by atoms with E-state index in [0.717, 1.165) is 16.1 Å². The van der Waals surface area contributed by atoms with E-state index in [9.17, 15) is 0 Å². The lowest BCUT2D eigenvalue weighted by atomic mass is 10.1. The van der Waals surface area contributed by atoms with Crippen molar-refractivity contribution in [3.63, 3.8) is 0 Å². The number of guanidine groups is 1. The van der Waals surface area contributed by atoms with Crippen molar-refractivity contribution in [3.8, 4) is 0 Å². The third-order valence-electron chi connectivity index (χ3n) is 2.16. The zero-order valence-electron chi connectivity index (χ0n) is 10.8. The maximum atomic E-state index is 5.96. The van der Waals surface area contributed by atoms with Crippen LogP contribution in [0.2, 0.25) is 5.02 Å². The van der Waals surface area contributed by atoms with Gasteiger partial charge in [0.1, 0.15) is 0 Å². The first kappa shape index (κ1) is 13.8. The smallest absolute Gasteiger partial charge is 0.189 e. The van der Waals surface area contributed by atoms with Crippen molar-refractivity contribution in [3.05, 3.63) is 34.3 Å². The van der Waals surface area contributed by atoms with Gasteiger partial charge in [-0.1, -0.05) is 23.7 Å². The molecule has 1 aromatic carbocycles. The van der Waals surface area contributed by atoms with E-state index in [2.05, 4.69) is 10.3 Å². The second-order valence-corrected chi connectivity index (χ2v) is 5.57. The number of hydrogen-bond donors (Lipinski definition) is 2. The van der Waals surface area contributed by atoms with Gasteiger partial charge in [0.15, 0.2) is 5.96 Å². The van der Waals surface area contributed by atoms with Crippen LogP contribution in [0, 0.1) is 6.92 Å². The van der Waals surface area contributed by atoms with E-state index in [1.807, 2.05) is 45.9 Å². The van der Waals surface area contributed by atoms with Crippen LogP contribution in [-0.4, -0.2) is 11.5 Å². The Bertz CT molecular complexity index is 419. The minimum atomic E-state index is -0.0660. The number of nitrogens with two attached hydrogens (primary N) is 1. The summed E-state index contributed by atoms with van der Waals surface area (Å²) in [6.07, 6.45) is 0. The lowest BCUT2D eigenvalue weighted by Gasteiger charge is -2.21. The van der Waals surface area contributed by atoms with E-state index in [1.54, 1.807) is 0 Å². The van der Waals surface area contributed by atoms with E-state index in [1.165, 1.54) is 0 Å². The van der Waals surface area contributed by atoms with Crippen LogP contribution in [0.3, 0.4) is 0 Å². The third-order valence-corrected chi connectivity index (χ3v) is 2.58. The van der Waals surface area contributed by atoms with Crippen molar-refractivity contribution in [1.29, 1.82) is 0 Å². The second-order valence-electron chi connectivity index (χ2n) is 5.16. The fraction of sp³-hybridized carbons (Fsp3) is 0.462. The molecule has 17 heavy (non-hydrogen) atoms. The van der Waals surface area contributed by atoms with Crippen LogP contribution in [0.1, 0.15) is 31.9 Å². The average Bonchev–Trinajstić information content (AvgIpc) is 2.17. The molecule has 4 heteroatoms. The summed E-state index contributed by atoms with van der Waals surface area (Å²) in [5, 5.41) is 3.89. The minimum Gasteiger partial charge on any atom is -0.370 e. The Hall–Kier alpha value is -1.22. The first-order chi connectivity index (χ1) is 7.78. The lowest BCUT2D eigenvalue weighted by Crippen LogP contribution is -2.44. The van der Waals surface area contributed by atoms with Crippen LogP contribution in [0.25, 0.3) is 0 Å². The monoisotopic (exact) mass is 253 g/mol. The Morgan fingerprint density at radius 2 is 2.06 bits per heavy atom. The van der Waals surface area contributed by atoms with E-state index < -0.39 is 0 Å². The molecule has 0 aromatic heterocycles. The third kappa shape index (κ3) is 5.09. The van der Waals surface area contributed by atoms with Gasteiger partial charge >= 0.3 is 0 Å². The van der Waals surface area contributed by atoms with E-state index >= 15 is 0 Å². The number of hydrogen-bond acceptors (Lipinski definition) is 1. The number of halogens is 1. The average molecular weight is 254 g/mol. The molecule has 0 saturated carbocycles. The molecule has 0 radical (unpaired) electrons. The minimum absolute atomic E-state index is 0.0660. The van der Waals surface area contributed by atoms with E-state index in [0.29, 0.717) is 12.5 Å². The van der Waals surface area contributed by atoms with Crippen molar-refractivity contribution in [1.82, 2.24) is 5.32 Å². The van der Waals surface area contributed by atoms with Gasteiger partial charge in [0.2, 0.25) is 0 Å². The number of aliphatic imine (C=N–C) groups is 1. The van der Waals surface area contributed by atoms with Crippen molar-refractivity contribution < 1.29 is 0 Å². The molecule has 94 valence electrons. The fourth-order valence-electron chi connectivity index (χ4n) is 1.41. The topological polar surface area (TPSA) is 50.4 Å². The summed E-state index contributed by atoms with van der Waals surface area (Å²) in [5.41, 5.74) is 7.88. The maximum Gasteiger partial charge on any atom is 0.189 e. The molecule has 1 rings (SSSR count). The van der Waals surface area contributed by atoms with Crippen LogP contribution in [0.15, 0.2) is 23.2 Å². The maximum absolute atomic E-state index is 5.96. The van der Waals surface area contributed by atoms with Gasteiger partial charge in [-0.3, -0.25) is 0 Å². The first-order valence-electron chi connectivity index (χ1n) is 5.61. The summed E-state index contributed by atoms with van der Waals surface area (Å²) >= 11 is 5.96. The molecule has 0 fully saturated rings. The molecule has 0 aliphatic carbocycles. The van der Waals surface area contributed by atoms with E-state index in [4.69, 9.17) is 17.3 Å². The van der Waals surface area contributed by atoms with Crippen LogP contribution in [0.4, 0.5) is 0 Å². The summed E-state index contributed by atoms with van der Waals surface area (Å²) in [4.78, 5) is 4.29. The van der Waals surface area contributed by atoms with Gasteiger partial charge in [0.25, 0.3) is 0 Å². The number of aryl methyl sites for hydroxylation is 1. The van der Waals surface area contributed by atoms with Crippen LogP contribution in [-0.2, 0) is 6.54 Å². The Morgan fingerprint density at radius 3 is 2.59 bits per heavy atom. The summed E-state index contributed by atoms with van der Waals surface area (Å²) in [6.45, 7) is 8.67. The molecule has 3 N–H and O–H groups in total. The van der Waals surface area contributed by atoms with Crippen LogP contribution in [0.5, 0.6) is 0 Å². The van der Waals surface area contributed by atoms with Crippen molar-refractivity contribution in [2.75, 3.05) is 0 Å². The first-order valence-corrected chi connectivity index (χ1v) is 5.99. The van der Waals surface area contributed by atoms with Crippen molar-refractivity contribution >= 4 is 17.6 Å². The summed E-state index contributed by atoms with van der Waals surface area (Å²) in [7, 11) is 0. The lowest BCUT2D eigenvalue weighted by molar-refractivity contribution is 0.508. The van der Waals surface area contributed by atoms with Gasteiger partial charge in [-0.25, -0.2) is 4.99 Å². The highest BCUT2D eigenvalue weighted by Gasteiger charge is 2.09. The molecular weight excluding hydrogens is 234 g/mol. The Balaban J connectivity index is 2.66. The Labute approximate surface area is 108 Å². The standard InChI is InChI=1S/C13H20ClN3/c1-9-7-10(5-6-11(9)14)8-16-12(15)17-13(2,3)4/h5-7H,8H2,1-4H3,(H3,15,16,17). The van der Waals surface area contributed by atoms with E-state index in [-0.39, 0.29) is 5.54 Å². The van der Waals surface area contributed by atoms with Gasteiger partial charge < -0.3 is 11.1 Å². The quantitative estimate of drug-likeness (QED) is 0.629. The molecule has 0 saturated heterocycles. The van der Waals surface area contributed by atoms with Crippen LogP contribution >= 0.6 is 11.6 Å². The Kier molecular flexibility index (Phi) is 4.40. The molecule has 0 amide bonds. The van der Waals surface area contributed by atoms with Gasteiger partial charge in [0, 0.05) is 10.6 Å². The Morgan fingerprint density at radius 1 is 1.41 bits per heavy atom. The molecule has 0 heterocycles. The van der Waals surface area contributed by atoms with Gasteiger partial charge in [-0.05, 0) is 44.9 Å². The molecule has 0 atom stereocenters. The molecule has 0 aliphatic rings. The molecule has 0 bridgehead atoms. The molecular formula is C13H20ClN3. The number of rotatable bonds is 2. The van der Waals surface area contributed by atoms with Gasteiger partial charge in [0.05, 0.1) is 6.54 Å². The zero-order valence-corrected chi connectivity index (χ0v) is 11.6. The number of benzene rings is 1. The highest BCUT2D eigenvalue weighted by atomic mass is 35.5. The van der Waals surface area contributed by atoms with Crippen LogP contribution < -0.4 is 11.1 Å². The second kappa shape index (κ2) is 5.41. The highest BCUT2D eigenvalue weighted by molar-refractivity contribution is 6.31. The largest absolute Gasteiger partial charge is 0.370 e. The molecule has 0 unspecified atom stereocenters. The zero-order chi connectivity index (χ0) is 13.1. The number of nitrogens with zero attached hydrogens (tertiary/aromatic N) is 1. The fourth-order valence-corrected chi connectivity index (χ4v) is 1.52. The normalized spacial score (nSPS) is 12.6. The summed E-state index contributed by atoms with van der Waals surface area (Å²) in [5.74, 6) is 0.463. The van der Waals surface area contributed by atoms with Gasteiger partial charge in [-0.2, -0.15) is 0 Å². The van der Waals surface area contributed by atoms with Crippen molar-refractivity contribution in [2.45, 2.75) is 39.8 Å². The summed E-state index contributed by atoms with van der Waals surface area (Å²) in [6, 6.07) is 5.87. The predicted molar refractivity (Wildman–Crippen MR) is 74.4 cm³/mol. The molecule has 0 aliphatic heterocycles. The number of nitrogens with one attached hydrogen (secondary N) is 1. The molecule has 0 spiro atoms. The summed E-state index contributed by atoms with van der Waals surface area (Å²) < 4.78 is 0. The van der Waals surface area contributed by atoms with Crippen molar-refractivity contribution in [2.24, 2.45) is 10.7 Å². The predicted octanol–water partition coefficient (Wildman–Crippen LogP) is 2.85. The van der Waals surface area contributed by atoms with Gasteiger partial charge in [-0.15, -0.1) is 0 Å². The SMILES string of the molecule is Cc1cc(CN=C(N)NC(C)(C)C)ccc1Cl. The molecule has 3 nitrogen and oxygen atoms in total.